The Kier molecular flexibility index (Phi) is 6.04. The Morgan fingerprint density at radius 3 is 2.61 bits per heavy atom. The van der Waals surface area contributed by atoms with Gasteiger partial charge in [0.25, 0.3) is 15.9 Å². The molecule has 192 valence electrons. The van der Waals surface area contributed by atoms with Crippen molar-refractivity contribution in [3.05, 3.63) is 107 Å². The normalized spacial score (nSPS) is 13.2. The third-order valence-electron chi connectivity index (χ3n) is 6.72. The van der Waals surface area contributed by atoms with Gasteiger partial charge in [0.1, 0.15) is 5.76 Å². The van der Waals surface area contributed by atoms with Crippen LogP contribution in [0.5, 0.6) is 0 Å². The lowest BCUT2D eigenvalue weighted by atomic mass is 10.1. The van der Waals surface area contributed by atoms with Crippen LogP contribution >= 0.6 is 11.3 Å². The molecule has 0 radical (unpaired) electrons. The maximum atomic E-state index is 13.8. The second-order valence-electron chi connectivity index (χ2n) is 9.38. The summed E-state index contributed by atoms with van der Waals surface area (Å²) < 4.78 is 34.8. The average Bonchev–Trinajstić information content (AvgIpc) is 3.66. The molecular weight excluding hydrogens is 518 g/mol. The zero-order valence-corrected chi connectivity index (χ0v) is 22.6. The number of fused-ring (bicyclic) bond motifs is 2. The Bertz CT molecular complexity index is 1760. The van der Waals surface area contributed by atoms with Gasteiger partial charge in [0.15, 0.2) is 5.13 Å². The minimum Gasteiger partial charge on any atom is -0.467 e. The molecular formula is C29H25N3O4S2. The maximum Gasteiger partial charge on any atom is 0.264 e. The number of amides is 1. The summed E-state index contributed by atoms with van der Waals surface area (Å²) in [7, 11) is -3.75. The third kappa shape index (κ3) is 4.27. The summed E-state index contributed by atoms with van der Waals surface area (Å²) in [6.45, 7) is 4.65. The van der Waals surface area contributed by atoms with Gasteiger partial charge in [-0.05, 0) is 85.5 Å². The van der Waals surface area contributed by atoms with Crippen LogP contribution in [0.1, 0.15) is 32.8 Å². The molecule has 0 saturated carbocycles. The van der Waals surface area contributed by atoms with Crippen LogP contribution < -0.4 is 9.21 Å². The highest BCUT2D eigenvalue weighted by Crippen LogP contribution is 2.35. The number of aryl methyl sites for hydroxylation is 2. The number of sulfonamides is 1. The monoisotopic (exact) mass is 543 g/mol. The summed E-state index contributed by atoms with van der Waals surface area (Å²) in [6.07, 6.45) is 2.24. The third-order valence-corrected chi connectivity index (χ3v) is 9.58. The molecule has 3 aromatic carbocycles. The van der Waals surface area contributed by atoms with Crippen LogP contribution in [0.15, 0.2) is 88.4 Å². The molecule has 38 heavy (non-hydrogen) atoms. The molecule has 0 aliphatic carbocycles. The molecule has 0 bridgehead atoms. The maximum absolute atomic E-state index is 13.8. The van der Waals surface area contributed by atoms with E-state index >= 15 is 0 Å². The summed E-state index contributed by atoms with van der Waals surface area (Å²) in [5.74, 6) is 0.336. The van der Waals surface area contributed by atoms with Crippen molar-refractivity contribution in [3.63, 3.8) is 0 Å². The first kappa shape index (κ1) is 24.4. The Balaban J connectivity index is 1.33. The number of furan rings is 1. The second-order valence-corrected chi connectivity index (χ2v) is 12.2. The van der Waals surface area contributed by atoms with Gasteiger partial charge in [-0.1, -0.05) is 35.6 Å². The van der Waals surface area contributed by atoms with Crippen molar-refractivity contribution in [2.75, 3.05) is 15.7 Å². The molecule has 1 amide bonds. The van der Waals surface area contributed by atoms with Crippen molar-refractivity contribution in [2.24, 2.45) is 0 Å². The number of anilines is 2. The van der Waals surface area contributed by atoms with E-state index in [1.807, 2.05) is 44.2 Å². The molecule has 3 heterocycles. The van der Waals surface area contributed by atoms with Gasteiger partial charge >= 0.3 is 0 Å². The molecule has 5 aromatic rings. The first-order valence-electron chi connectivity index (χ1n) is 12.2. The number of thiazole rings is 1. The van der Waals surface area contributed by atoms with Crippen molar-refractivity contribution in [3.8, 4) is 0 Å². The van der Waals surface area contributed by atoms with Crippen molar-refractivity contribution < 1.29 is 17.6 Å². The smallest absolute Gasteiger partial charge is 0.264 e. The predicted molar refractivity (Wildman–Crippen MR) is 149 cm³/mol. The van der Waals surface area contributed by atoms with E-state index < -0.39 is 10.0 Å². The molecule has 0 fully saturated rings. The van der Waals surface area contributed by atoms with Crippen molar-refractivity contribution in [2.45, 2.75) is 31.7 Å². The number of rotatable bonds is 6. The molecule has 9 heteroatoms. The van der Waals surface area contributed by atoms with Gasteiger partial charge in [-0.15, -0.1) is 0 Å². The standard InChI is InChI=1S/C29H25N3O4S2/c1-19-16-20(2)27-26(17-19)37-29(30-27)31(18-23-7-5-15-36-23)28(33)22-9-11-24(12-10-22)38(34,35)32-14-13-21-6-3-4-8-25(21)32/h3-12,15-17H,13-14,18H2,1-2H3. The number of hydrogen-bond donors (Lipinski definition) is 0. The molecule has 0 saturated heterocycles. The Morgan fingerprint density at radius 2 is 1.84 bits per heavy atom. The molecule has 1 aliphatic heterocycles. The minimum absolute atomic E-state index is 0.148. The second kappa shape index (κ2) is 9.41. The summed E-state index contributed by atoms with van der Waals surface area (Å²) in [4.78, 5) is 20.3. The molecule has 1 aliphatic rings. The quantitative estimate of drug-likeness (QED) is 0.258. The van der Waals surface area contributed by atoms with Crippen molar-refractivity contribution in [1.29, 1.82) is 0 Å². The summed E-state index contributed by atoms with van der Waals surface area (Å²) >= 11 is 1.45. The number of benzene rings is 3. The Labute approximate surface area is 225 Å². The van der Waals surface area contributed by atoms with E-state index in [4.69, 9.17) is 9.40 Å². The van der Waals surface area contributed by atoms with Crippen LogP contribution in [0, 0.1) is 13.8 Å². The number of carbonyl (C=O) groups excluding carboxylic acids is 1. The van der Waals surface area contributed by atoms with Gasteiger partial charge in [-0.2, -0.15) is 0 Å². The van der Waals surface area contributed by atoms with E-state index in [-0.39, 0.29) is 17.3 Å². The Morgan fingerprint density at radius 1 is 1.05 bits per heavy atom. The topological polar surface area (TPSA) is 83.7 Å². The first-order chi connectivity index (χ1) is 18.3. The molecule has 0 unspecified atom stereocenters. The van der Waals surface area contributed by atoms with E-state index in [0.717, 1.165) is 26.9 Å². The number of nitrogens with zero attached hydrogens (tertiary/aromatic N) is 3. The molecule has 0 N–H and O–H groups in total. The van der Waals surface area contributed by atoms with Gasteiger partial charge in [0.2, 0.25) is 0 Å². The average molecular weight is 544 g/mol. The number of aromatic nitrogens is 1. The largest absolute Gasteiger partial charge is 0.467 e. The molecule has 2 aromatic heterocycles. The number of para-hydroxylation sites is 1. The first-order valence-corrected chi connectivity index (χ1v) is 14.5. The predicted octanol–water partition coefficient (Wildman–Crippen LogP) is 6.10. The van der Waals surface area contributed by atoms with Crippen LogP contribution in [-0.4, -0.2) is 25.9 Å². The van der Waals surface area contributed by atoms with E-state index in [9.17, 15) is 13.2 Å². The lowest BCUT2D eigenvalue weighted by Crippen LogP contribution is -2.31. The van der Waals surface area contributed by atoms with Crippen LogP contribution in [0.3, 0.4) is 0 Å². The lowest BCUT2D eigenvalue weighted by Gasteiger charge is -2.21. The minimum atomic E-state index is -3.75. The molecule has 0 spiro atoms. The van der Waals surface area contributed by atoms with Crippen LogP contribution in [0.25, 0.3) is 10.2 Å². The number of hydrogen-bond acceptors (Lipinski definition) is 6. The number of carbonyl (C=O) groups is 1. The zero-order valence-electron chi connectivity index (χ0n) is 20.9. The van der Waals surface area contributed by atoms with E-state index in [1.165, 1.54) is 27.8 Å². The SMILES string of the molecule is Cc1cc(C)c2nc(N(Cc3ccco3)C(=O)c3ccc(S(=O)(=O)N4CCc5ccccc54)cc3)sc2c1. The van der Waals surface area contributed by atoms with Crippen LogP contribution in [0.2, 0.25) is 0 Å². The fourth-order valence-electron chi connectivity index (χ4n) is 4.87. The van der Waals surface area contributed by atoms with Gasteiger partial charge in [-0.3, -0.25) is 14.0 Å². The van der Waals surface area contributed by atoms with Gasteiger partial charge < -0.3 is 4.42 Å². The molecule has 0 atom stereocenters. The van der Waals surface area contributed by atoms with Crippen LogP contribution in [-0.2, 0) is 23.0 Å². The van der Waals surface area contributed by atoms with Gasteiger partial charge in [-0.25, -0.2) is 13.4 Å². The van der Waals surface area contributed by atoms with Gasteiger partial charge in [0, 0.05) is 12.1 Å². The highest BCUT2D eigenvalue weighted by Gasteiger charge is 2.31. The zero-order chi connectivity index (χ0) is 26.4. The molecule has 6 rings (SSSR count). The summed E-state index contributed by atoms with van der Waals surface area (Å²) in [5, 5.41) is 0.556. The lowest BCUT2D eigenvalue weighted by molar-refractivity contribution is 0.0983. The highest BCUT2D eigenvalue weighted by molar-refractivity contribution is 7.92. The highest BCUT2D eigenvalue weighted by atomic mass is 32.2. The van der Waals surface area contributed by atoms with E-state index in [0.29, 0.717) is 35.1 Å². The summed E-state index contributed by atoms with van der Waals surface area (Å²) in [6, 6.07) is 21.4. The van der Waals surface area contributed by atoms with E-state index in [2.05, 4.69) is 12.1 Å². The van der Waals surface area contributed by atoms with Crippen LogP contribution in [0.4, 0.5) is 10.8 Å². The van der Waals surface area contributed by atoms with E-state index in [1.54, 1.807) is 29.4 Å². The van der Waals surface area contributed by atoms with Gasteiger partial charge in [0.05, 0.1) is 33.6 Å². The van der Waals surface area contributed by atoms with Crippen molar-refractivity contribution in [1.82, 2.24) is 4.98 Å². The summed E-state index contributed by atoms with van der Waals surface area (Å²) in [5.41, 5.74) is 5.12. The van der Waals surface area contributed by atoms with Crippen molar-refractivity contribution >= 4 is 48.3 Å². The fourth-order valence-corrected chi connectivity index (χ4v) is 7.51. The molecule has 7 nitrogen and oxygen atoms in total. The fraction of sp³-hybridized carbons (Fsp3) is 0.172. The Hall–Kier alpha value is -3.95.